The number of hydrogen-bond acceptors (Lipinski definition) is 2. The van der Waals surface area contributed by atoms with E-state index in [4.69, 9.17) is 4.74 Å². The minimum absolute atomic E-state index is 0.652. The minimum Gasteiger partial charge on any atom is -0.376 e. The van der Waals surface area contributed by atoms with Crippen LogP contribution in [-0.4, -0.2) is 31.1 Å². The quantitative estimate of drug-likeness (QED) is 0.424. The Morgan fingerprint density at radius 3 is 2.40 bits per heavy atom. The monoisotopic (exact) mass is 399 g/mol. The molecule has 1 atom stereocenters. The molecule has 0 amide bonds. The summed E-state index contributed by atoms with van der Waals surface area (Å²) in [7, 11) is 0. The molecule has 4 rings (SSSR count). The summed E-state index contributed by atoms with van der Waals surface area (Å²) in [6.07, 6.45) is 4.99. The van der Waals surface area contributed by atoms with Gasteiger partial charge in [0.1, 0.15) is 0 Å². The van der Waals surface area contributed by atoms with Gasteiger partial charge in [-0.2, -0.15) is 0 Å². The van der Waals surface area contributed by atoms with E-state index in [0.29, 0.717) is 12.5 Å². The SMILES string of the molecule is c1ccc(CCCN2CCCC(COCc3ccccc3-c3ccccc3)C2)cc1. The molecule has 2 heteroatoms. The lowest BCUT2D eigenvalue weighted by molar-refractivity contribution is 0.0516. The maximum atomic E-state index is 6.22. The summed E-state index contributed by atoms with van der Waals surface area (Å²) >= 11 is 0. The van der Waals surface area contributed by atoms with Crippen molar-refractivity contribution >= 4 is 0 Å². The highest BCUT2D eigenvalue weighted by Crippen LogP contribution is 2.25. The van der Waals surface area contributed by atoms with Gasteiger partial charge in [0, 0.05) is 6.54 Å². The second-order valence-corrected chi connectivity index (χ2v) is 8.44. The standard InChI is InChI=1S/C28H33NO/c1-3-11-24(12-4-1)13-9-19-29-20-10-14-25(21-29)22-30-23-27-17-7-8-18-28(27)26-15-5-2-6-16-26/h1-8,11-12,15-18,25H,9-10,13-14,19-23H2. The molecular weight excluding hydrogens is 366 g/mol. The van der Waals surface area contributed by atoms with Gasteiger partial charge in [-0.05, 0) is 66.9 Å². The van der Waals surface area contributed by atoms with Crippen LogP contribution in [0.15, 0.2) is 84.9 Å². The highest BCUT2D eigenvalue weighted by molar-refractivity contribution is 5.67. The first-order chi connectivity index (χ1) is 14.9. The lowest BCUT2D eigenvalue weighted by atomic mass is 9.98. The topological polar surface area (TPSA) is 12.5 Å². The molecule has 1 aliphatic heterocycles. The zero-order valence-electron chi connectivity index (χ0n) is 17.9. The van der Waals surface area contributed by atoms with Crippen LogP contribution in [0.3, 0.4) is 0 Å². The molecule has 0 saturated carbocycles. The maximum absolute atomic E-state index is 6.22. The van der Waals surface area contributed by atoms with Crippen molar-refractivity contribution in [3.05, 3.63) is 96.1 Å². The summed E-state index contributed by atoms with van der Waals surface area (Å²) in [4.78, 5) is 2.64. The van der Waals surface area contributed by atoms with Crippen molar-refractivity contribution in [3.8, 4) is 11.1 Å². The van der Waals surface area contributed by atoms with Crippen LogP contribution < -0.4 is 0 Å². The molecule has 0 radical (unpaired) electrons. The number of benzene rings is 3. The fourth-order valence-electron chi connectivity index (χ4n) is 4.52. The van der Waals surface area contributed by atoms with Crippen molar-refractivity contribution in [2.24, 2.45) is 5.92 Å². The summed E-state index contributed by atoms with van der Waals surface area (Å²) < 4.78 is 6.22. The molecule has 1 fully saturated rings. The van der Waals surface area contributed by atoms with E-state index in [9.17, 15) is 0 Å². The number of nitrogens with zero attached hydrogens (tertiary/aromatic N) is 1. The third-order valence-electron chi connectivity index (χ3n) is 6.10. The average molecular weight is 400 g/mol. The van der Waals surface area contributed by atoms with Crippen LogP contribution in [0.2, 0.25) is 0 Å². The molecular formula is C28H33NO. The van der Waals surface area contributed by atoms with Gasteiger partial charge in [0.25, 0.3) is 0 Å². The molecule has 2 nitrogen and oxygen atoms in total. The summed E-state index contributed by atoms with van der Waals surface area (Å²) in [6.45, 7) is 5.16. The molecule has 0 bridgehead atoms. The van der Waals surface area contributed by atoms with Gasteiger partial charge in [-0.1, -0.05) is 84.9 Å². The Labute approximate surface area is 181 Å². The van der Waals surface area contributed by atoms with E-state index in [1.165, 1.54) is 67.6 Å². The van der Waals surface area contributed by atoms with E-state index in [1.807, 2.05) is 0 Å². The van der Waals surface area contributed by atoms with Crippen LogP contribution in [-0.2, 0) is 17.8 Å². The number of hydrogen-bond donors (Lipinski definition) is 0. The van der Waals surface area contributed by atoms with Crippen LogP contribution in [0, 0.1) is 5.92 Å². The zero-order valence-corrected chi connectivity index (χ0v) is 17.9. The summed E-state index contributed by atoms with van der Waals surface area (Å²) in [5.74, 6) is 0.652. The Morgan fingerprint density at radius 1 is 0.833 bits per heavy atom. The Balaban J connectivity index is 1.23. The van der Waals surface area contributed by atoms with E-state index >= 15 is 0 Å². The fourth-order valence-corrected chi connectivity index (χ4v) is 4.52. The van der Waals surface area contributed by atoms with Gasteiger partial charge in [0.2, 0.25) is 0 Å². The molecule has 156 valence electrons. The lowest BCUT2D eigenvalue weighted by Crippen LogP contribution is -2.37. The van der Waals surface area contributed by atoms with E-state index in [-0.39, 0.29) is 0 Å². The second kappa shape index (κ2) is 11.1. The van der Waals surface area contributed by atoms with Crippen molar-refractivity contribution in [1.29, 1.82) is 0 Å². The molecule has 0 spiro atoms. The van der Waals surface area contributed by atoms with Gasteiger partial charge >= 0.3 is 0 Å². The van der Waals surface area contributed by atoms with E-state index in [2.05, 4.69) is 89.8 Å². The van der Waals surface area contributed by atoms with E-state index in [1.54, 1.807) is 0 Å². The van der Waals surface area contributed by atoms with Crippen LogP contribution in [0.1, 0.15) is 30.4 Å². The van der Waals surface area contributed by atoms with Gasteiger partial charge in [-0.3, -0.25) is 0 Å². The van der Waals surface area contributed by atoms with E-state index < -0.39 is 0 Å². The Kier molecular flexibility index (Phi) is 7.71. The molecule has 30 heavy (non-hydrogen) atoms. The molecule has 3 aromatic rings. The first-order valence-corrected chi connectivity index (χ1v) is 11.4. The third kappa shape index (κ3) is 6.04. The number of aryl methyl sites for hydroxylation is 1. The molecule has 1 unspecified atom stereocenters. The third-order valence-corrected chi connectivity index (χ3v) is 6.10. The van der Waals surface area contributed by atoms with Gasteiger partial charge in [0.05, 0.1) is 13.2 Å². The lowest BCUT2D eigenvalue weighted by Gasteiger charge is -2.32. The number of likely N-dealkylation sites (tertiary alicyclic amines) is 1. The van der Waals surface area contributed by atoms with Crippen molar-refractivity contribution in [3.63, 3.8) is 0 Å². The van der Waals surface area contributed by atoms with Gasteiger partial charge in [0.15, 0.2) is 0 Å². The van der Waals surface area contributed by atoms with Crippen molar-refractivity contribution in [1.82, 2.24) is 4.90 Å². The molecule has 1 aliphatic rings. The van der Waals surface area contributed by atoms with Crippen LogP contribution >= 0.6 is 0 Å². The van der Waals surface area contributed by atoms with Crippen LogP contribution in [0.25, 0.3) is 11.1 Å². The smallest absolute Gasteiger partial charge is 0.0723 e. The average Bonchev–Trinajstić information content (AvgIpc) is 2.81. The highest BCUT2D eigenvalue weighted by Gasteiger charge is 2.19. The summed E-state index contributed by atoms with van der Waals surface area (Å²) in [5.41, 5.74) is 5.27. The molecule has 0 aromatic heterocycles. The normalized spacial score (nSPS) is 17.1. The Morgan fingerprint density at radius 2 is 1.57 bits per heavy atom. The Hall–Kier alpha value is -2.42. The predicted molar refractivity (Wildman–Crippen MR) is 125 cm³/mol. The molecule has 1 heterocycles. The Bertz CT molecular complexity index is 877. The van der Waals surface area contributed by atoms with Crippen molar-refractivity contribution < 1.29 is 4.74 Å². The van der Waals surface area contributed by atoms with Crippen LogP contribution in [0.5, 0.6) is 0 Å². The zero-order chi connectivity index (χ0) is 20.4. The first-order valence-electron chi connectivity index (χ1n) is 11.4. The number of ether oxygens (including phenoxy) is 1. The molecule has 3 aromatic carbocycles. The van der Waals surface area contributed by atoms with Gasteiger partial charge < -0.3 is 9.64 Å². The summed E-state index contributed by atoms with van der Waals surface area (Å²) in [5, 5.41) is 0. The highest BCUT2D eigenvalue weighted by atomic mass is 16.5. The van der Waals surface area contributed by atoms with E-state index in [0.717, 1.165) is 6.61 Å². The number of piperidine rings is 1. The van der Waals surface area contributed by atoms with Crippen LogP contribution in [0.4, 0.5) is 0 Å². The molecule has 0 aliphatic carbocycles. The maximum Gasteiger partial charge on any atom is 0.0723 e. The predicted octanol–water partition coefficient (Wildman–Crippen LogP) is 6.22. The fraction of sp³-hybridized carbons (Fsp3) is 0.357. The minimum atomic E-state index is 0.652. The van der Waals surface area contributed by atoms with Gasteiger partial charge in [-0.25, -0.2) is 0 Å². The largest absolute Gasteiger partial charge is 0.376 e. The summed E-state index contributed by atoms with van der Waals surface area (Å²) in [6, 6.07) is 30.1. The van der Waals surface area contributed by atoms with Crippen molar-refractivity contribution in [2.45, 2.75) is 32.3 Å². The number of rotatable bonds is 9. The second-order valence-electron chi connectivity index (χ2n) is 8.44. The molecule has 1 saturated heterocycles. The first kappa shape index (κ1) is 20.8. The van der Waals surface area contributed by atoms with Crippen molar-refractivity contribution in [2.75, 3.05) is 26.2 Å². The molecule has 0 N–H and O–H groups in total. The van der Waals surface area contributed by atoms with Gasteiger partial charge in [-0.15, -0.1) is 0 Å².